The van der Waals surface area contributed by atoms with Gasteiger partial charge in [0.05, 0.1) is 0 Å². The molecule has 0 aromatic carbocycles. The maximum absolute atomic E-state index is 6.02. The van der Waals surface area contributed by atoms with Crippen LogP contribution in [0.15, 0.2) is 0 Å². The number of hydrogen-bond donors (Lipinski definition) is 1. The number of likely N-dealkylation sites (tertiary alicyclic amines) is 1. The first-order chi connectivity index (χ1) is 6.91. The van der Waals surface area contributed by atoms with Gasteiger partial charge in [-0.1, -0.05) is 13.8 Å². The van der Waals surface area contributed by atoms with E-state index in [0.29, 0.717) is 5.41 Å². The van der Waals surface area contributed by atoms with E-state index in [2.05, 4.69) is 32.6 Å². The van der Waals surface area contributed by atoms with Crippen LogP contribution in [0.5, 0.6) is 0 Å². The van der Waals surface area contributed by atoms with Crippen molar-refractivity contribution in [1.82, 2.24) is 4.90 Å². The van der Waals surface area contributed by atoms with E-state index in [0.717, 1.165) is 6.42 Å². The average Bonchev–Trinajstić information content (AvgIpc) is 2.58. The molecule has 0 unspecified atom stereocenters. The fourth-order valence-electron chi connectivity index (χ4n) is 2.49. The Morgan fingerprint density at radius 1 is 1.27 bits per heavy atom. The molecule has 0 saturated carbocycles. The monoisotopic (exact) mass is 212 g/mol. The zero-order valence-electron chi connectivity index (χ0n) is 11.0. The fraction of sp³-hybridized carbons (Fsp3) is 1.00. The van der Waals surface area contributed by atoms with Crippen molar-refractivity contribution in [2.75, 3.05) is 19.6 Å². The lowest BCUT2D eigenvalue weighted by atomic mass is 9.82. The molecule has 0 aromatic heterocycles. The van der Waals surface area contributed by atoms with E-state index in [4.69, 9.17) is 5.73 Å². The molecule has 1 saturated heterocycles. The van der Waals surface area contributed by atoms with Crippen molar-refractivity contribution in [3.8, 4) is 0 Å². The number of nitrogens with zero attached hydrogens (tertiary/aromatic N) is 1. The summed E-state index contributed by atoms with van der Waals surface area (Å²) in [4.78, 5) is 2.60. The summed E-state index contributed by atoms with van der Waals surface area (Å²) in [6, 6.07) is 0. The lowest BCUT2D eigenvalue weighted by Crippen LogP contribution is -2.37. The minimum atomic E-state index is -0.0102. The molecule has 1 aliphatic heterocycles. The van der Waals surface area contributed by atoms with Gasteiger partial charge < -0.3 is 10.6 Å². The molecule has 0 spiro atoms. The SMILES string of the molecule is CCC1(CC)CCN(CCC(C)(C)N)C1. The third-order valence-electron chi connectivity index (χ3n) is 4.09. The minimum absolute atomic E-state index is 0.0102. The van der Waals surface area contributed by atoms with Gasteiger partial charge in [0, 0.05) is 12.1 Å². The Hall–Kier alpha value is -0.0800. The Bertz CT molecular complexity index is 189. The van der Waals surface area contributed by atoms with Crippen molar-refractivity contribution in [1.29, 1.82) is 0 Å². The maximum atomic E-state index is 6.02. The average molecular weight is 212 g/mol. The molecule has 1 aliphatic rings. The molecule has 1 fully saturated rings. The van der Waals surface area contributed by atoms with E-state index in [-0.39, 0.29) is 5.54 Å². The summed E-state index contributed by atoms with van der Waals surface area (Å²) in [5.41, 5.74) is 6.62. The predicted octanol–water partition coefficient (Wildman–Crippen LogP) is 2.63. The van der Waals surface area contributed by atoms with Gasteiger partial charge in [0.2, 0.25) is 0 Å². The first kappa shape index (κ1) is 13.0. The number of hydrogen-bond acceptors (Lipinski definition) is 2. The highest BCUT2D eigenvalue weighted by Crippen LogP contribution is 2.36. The highest BCUT2D eigenvalue weighted by atomic mass is 15.2. The Kier molecular flexibility index (Phi) is 4.19. The van der Waals surface area contributed by atoms with Crippen molar-refractivity contribution < 1.29 is 0 Å². The molecule has 1 heterocycles. The van der Waals surface area contributed by atoms with Gasteiger partial charge in [-0.25, -0.2) is 0 Å². The zero-order valence-corrected chi connectivity index (χ0v) is 11.0. The van der Waals surface area contributed by atoms with Gasteiger partial charge in [-0.05, 0) is 58.0 Å². The van der Waals surface area contributed by atoms with Crippen molar-refractivity contribution in [2.24, 2.45) is 11.1 Å². The van der Waals surface area contributed by atoms with Crippen LogP contribution in [-0.2, 0) is 0 Å². The standard InChI is InChI=1S/C13H28N2/c1-5-13(6-2)8-10-15(11-13)9-7-12(3,4)14/h5-11,14H2,1-4H3. The van der Waals surface area contributed by atoms with E-state index in [1.807, 2.05) is 0 Å². The smallest absolute Gasteiger partial charge is 0.0109 e. The molecule has 0 amide bonds. The number of rotatable bonds is 5. The van der Waals surface area contributed by atoms with Crippen molar-refractivity contribution in [3.05, 3.63) is 0 Å². The number of nitrogens with two attached hydrogens (primary N) is 1. The molecule has 2 nitrogen and oxygen atoms in total. The van der Waals surface area contributed by atoms with Crippen LogP contribution in [0.25, 0.3) is 0 Å². The van der Waals surface area contributed by atoms with Crippen molar-refractivity contribution >= 4 is 0 Å². The van der Waals surface area contributed by atoms with Crippen LogP contribution in [-0.4, -0.2) is 30.1 Å². The van der Waals surface area contributed by atoms with Crippen LogP contribution < -0.4 is 5.73 Å². The van der Waals surface area contributed by atoms with Crippen LogP contribution in [0.3, 0.4) is 0 Å². The molecule has 90 valence electrons. The molecule has 2 N–H and O–H groups in total. The van der Waals surface area contributed by atoms with E-state index in [1.165, 1.54) is 38.9 Å². The Morgan fingerprint density at radius 3 is 2.27 bits per heavy atom. The van der Waals surface area contributed by atoms with E-state index < -0.39 is 0 Å². The molecular formula is C13H28N2. The maximum Gasteiger partial charge on any atom is 0.0109 e. The van der Waals surface area contributed by atoms with Crippen LogP contribution in [0, 0.1) is 5.41 Å². The largest absolute Gasteiger partial charge is 0.326 e. The van der Waals surface area contributed by atoms with Crippen molar-refractivity contribution in [2.45, 2.75) is 58.9 Å². The second kappa shape index (κ2) is 4.84. The van der Waals surface area contributed by atoms with Crippen LogP contribution >= 0.6 is 0 Å². The fourth-order valence-corrected chi connectivity index (χ4v) is 2.49. The Labute approximate surface area is 95.2 Å². The summed E-state index contributed by atoms with van der Waals surface area (Å²) in [5, 5.41) is 0. The summed E-state index contributed by atoms with van der Waals surface area (Å²) in [5.74, 6) is 0. The molecule has 0 bridgehead atoms. The second-order valence-corrected chi connectivity index (χ2v) is 5.97. The normalized spacial score (nSPS) is 22.2. The molecule has 0 radical (unpaired) electrons. The minimum Gasteiger partial charge on any atom is -0.326 e. The first-order valence-electron chi connectivity index (χ1n) is 6.42. The Balaban J connectivity index is 2.36. The van der Waals surface area contributed by atoms with Gasteiger partial charge >= 0.3 is 0 Å². The second-order valence-electron chi connectivity index (χ2n) is 5.97. The quantitative estimate of drug-likeness (QED) is 0.759. The van der Waals surface area contributed by atoms with E-state index >= 15 is 0 Å². The van der Waals surface area contributed by atoms with Gasteiger partial charge in [-0.3, -0.25) is 0 Å². The molecule has 15 heavy (non-hydrogen) atoms. The highest BCUT2D eigenvalue weighted by Gasteiger charge is 2.34. The Morgan fingerprint density at radius 2 is 1.87 bits per heavy atom. The summed E-state index contributed by atoms with van der Waals surface area (Å²) in [6.07, 6.45) is 5.14. The summed E-state index contributed by atoms with van der Waals surface area (Å²) in [6.45, 7) is 12.6. The van der Waals surface area contributed by atoms with E-state index in [1.54, 1.807) is 0 Å². The molecule has 0 aliphatic carbocycles. The topological polar surface area (TPSA) is 29.3 Å². The summed E-state index contributed by atoms with van der Waals surface area (Å²) >= 11 is 0. The van der Waals surface area contributed by atoms with E-state index in [9.17, 15) is 0 Å². The van der Waals surface area contributed by atoms with Gasteiger partial charge in [0.1, 0.15) is 0 Å². The van der Waals surface area contributed by atoms with Gasteiger partial charge in [0.25, 0.3) is 0 Å². The molecule has 0 atom stereocenters. The third-order valence-corrected chi connectivity index (χ3v) is 4.09. The van der Waals surface area contributed by atoms with Gasteiger partial charge in [-0.15, -0.1) is 0 Å². The summed E-state index contributed by atoms with van der Waals surface area (Å²) < 4.78 is 0. The zero-order chi connectivity index (χ0) is 11.5. The lowest BCUT2D eigenvalue weighted by Gasteiger charge is -2.28. The lowest BCUT2D eigenvalue weighted by molar-refractivity contribution is 0.229. The van der Waals surface area contributed by atoms with Crippen LogP contribution in [0.1, 0.15) is 53.4 Å². The predicted molar refractivity (Wildman–Crippen MR) is 67.0 cm³/mol. The third kappa shape index (κ3) is 3.76. The molecule has 0 aromatic rings. The van der Waals surface area contributed by atoms with Crippen molar-refractivity contribution in [3.63, 3.8) is 0 Å². The van der Waals surface area contributed by atoms with Gasteiger partial charge in [0.15, 0.2) is 0 Å². The van der Waals surface area contributed by atoms with Crippen LogP contribution in [0.2, 0.25) is 0 Å². The molecular weight excluding hydrogens is 184 g/mol. The molecule has 2 heteroatoms. The summed E-state index contributed by atoms with van der Waals surface area (Å²) in [7, 11) is 0. The highest BCUT2D eigenvalue weighted by molar-refractivity contribution is 4.88. The van der Waals surface area contributed by atoms with Gasteiger partial charge in [-0.2, -0.15) is 0 Å². The van der Waals surface area contributed by atoms with Crippen LogP contribution in [0.4, 0.5) is 0 Å². The molecule has 1 rings (SSSR count). The first-order valence-corrected chi connectivity index (χ1v) is 6.42.